The van der Waals surface area contributed by atoms with E-state index in [1.54, 1.807) is 42.5 Å². The van der Waals surface area contributed by atoms with E-state index in [0.29, 0.717) is 16.5 Å². The number of benzene rings is 3. The SMILES string of the molecule is Cc1ccccc1NC(=O)Cc1nc(COc2ccc(S(=O)(=O)c3ccccc3)cc2)cs1. The summed E-state index contributed by atoms with van der Waals surface area (Å²) in [4.78, 5) is 17.2. The summed E-state index contributed by atoms with van der Waals surface area (Å²) >= 11 is 1.40. The van der Waals surface area contributed by atoms with E-state index in [2.05, 4.69) is 10.3 Å². The molecule has 0 aliphatic carbocycles. The monoisotopic (exact) mass is 478 g/mol. The maximum Gasteiger partial charge on any atom is 0.231 e. The molecule has 0 atom stereocenters. The summed E-state index contributed by atoms with van der Waals surface area (Å²) in [7, 11) is -3.56. The summed E-state index contributed by atoms with van der Waals surface area (Å²) in [5, 5.41) is 5.45. The molecule has 33 heavy (non-hydrogen) atoms. The highest BCUT2D eigenvalue weighted by atomic mass is 32.2. The Bertz CT molecular complexity index is 1350. The molecule has 0 aliphatic heterocycles. The van der Waals surface area contributed by atoms with Crippen LogP contribution in [-0.4, -0.2) is 19.3 Å². The van der Waals surface area contributed by atoms with Crippen LogP contribution in [0.4, 0.5) is 5.69 Å². The van der Waals surface area contributed by atoms with Crippen molar-refractivity contribution in [2.75, 3.05) is 5.32 Å². The van der Waals surface area contributed by atoms with Gasteiger partial charge < -0.3 is 10.1 Å². The number of ether oxygens (including phenoxy) is 1. The van der Waals surface area contributed by atoms with Gasteiger partial charge in [0.2, 0.25) is 15.7 Å². The van der Waals surface area contributed by atoms with Crippen molar-refractivity contribution in [3.8, 4) is 5.75 Å². The molecule has 1 aromatic heterocycles. The van der Waals surface area contributed by atoms with Crippen LogP contribution in [0.15, 0.2) is 94.0 Å². The molecule has 4 rings (SSSR count). The van der Waals surface area contributed by atoms with Gasteiger partial charge in [0.1, 0.15) is 17.4 Å². The zero-order chi connectivity index (χ0) is 23.3. The van der Waals surface area contributed by atoms with Gasteiger partial charge in [-0.25, -0.2) is 13.4 Å². The maximum atomic E-state index is 12.7. The van der Waals surface area contributed by atoms with Crippen molar-refractivity contribution in [3.63, 3.8) is 0 Å². The minimum absolute atomic E-state index is 0.124. The van der Waals surface area contributed by atoms with E-state index in [-0.39, 0.29) is 28.7 Å². The smallest absolute Gasteiger partial charge is 0.231 e. The van der Waals surface area contributed by atoms with E-state index in [1.807, 2.05) is 36.6 Å². The summed E-state index contributed by atoms with van der Waals surface area (Å²) < 4.78 is 31.1. The van der Waals surface area contributed by atoms with Gasteiger partial charge in [-0.05, 0) is 55.0 Å². The third-order valence-corrected chi connectivity index (χ3v) is 7.59. The number of para-hydroxylation sites is 1. The van der Waals surface area contributed by atoms with Crippen LogP contribution in [-0.2, 0) is 27.7 Å². The molecule has 6 nitrogen and oxygen atoms in total. The Labute approximate surface area is 196 Å². The number of carbonyl (C=O) groups is 1. The van der Waals surface area contributed by atoms with Crippen LogP contribution in [0.5, 0.6) is 5.75 Å². The van der Waals surface area contributed by atoms with Crippen LogP contribution in [0.3, 0.4) is 0 Å². The Kier molecular flexibility index (Phi) is 6.86. The Balaban J connectivity index is 1.33. The average molecular weight is 479 g/mol. The zero-order valence-corrected chi connectivity index (χ0v) is 19.5. The normalized spacial score (nSPS) is 11.2. The molecule has 0 spiro atoms. The van der Waals surface area contributed by atoms with E-state index >= 15 is 0 Å². The van der Waals surface area contributed by atoms with Crippen LogP contribution in [0.1, 0.15) is 16.3 Å². The Morgan fingerprint density at radius 2 is 1.61 bits per heavy atom. The number of amides is 1. The predicted molar refractivity (Wildman–Crippen MR) is 128 cm³/mol. The summed E-state index contributed by atoms with van der Waals surface area (Å²) in [5.74, 6) is 0.412. The number of nitrogens with one attached hydrogen (secondary N) is 1. The van der Waals surface area contributed by atoms with E-state index < -0.39 is 9.84 Å². The second-order valence-electron chi connectivity index (χ2n) is 7.35. The van der Waals surface area contributed by atoms with E-state index in [1.165, 1.54) is 23.5 Å². The quantitative estimate of drug-likeness (QED) is 0.383. The summed E-state index contributed by atoms with van der Waals surface area (Å²) in [6.45, 7) is 2.17. The van der Waals surface area contributed by atoms with Crippen molar-refractivity contribution >= 4 is 32.8 Å². The molecular weight excluding hydrogens is 456 g/mol. The molecular formula is C25H22N2O4S2. The second kappa shape index (κ2) is 9.97. The summed E-state index contributed by atoms with van der Waals surface area (Å²) in [6.07, 6.45) is 0.186. The molecule has 1 heterocycles. The van der Waals surface area contributed by atoms with Gasteiger partial charge in [0.25, 0.3) is 0 Å². The van der Waals surface area contributed by atoms with Crippen molar-refractivity contribution in [3.05, 3.63) is 101 Å². The Morgan fingerprint density at radius 3 is 2.33 bits per heavy atom. The molecule has 168 valence electrons. The third kappa shape index (κ3) is 5.66. The minimum atomic E-state index is -3.56. The lowest BCUT2D eigenvalue weighted by molar-refractivity contribution is -0.115. The fourth-order valence-electron chi connectivity index (χ4n) is 3.15. The number of sulfone groups is 1. The number of aromatic nitrogens is 1. The number of nitrogens with zero attached hydrogens (tertiary/aromatic N) is 1. The molecule has 0 unspecified atom stereocenters. The fourth-order valence-corrected chi connectivity index (χ4v) is 5.21. The van der Waals surface area contributed by atoms with Crippen molar-refractivity contribution in [1.29, 1.82) is 0 Å². The van der Waals surface area contributed by atoms with Gasteiger partial charge in [-0.3, -0.25) is 4.79 Å². The first-order valence-corrected chi connectivity index (χ1v) is 12.6. The zero-order valence-electron chi connectivity index (χ0n) is 17.9. The van der Waals surface area contributed by atoms with Crippen LogP contribution < -0.4 is 10.1 Å². The average Bonchev–Trinajstić information content (AvgIpc) is 3.27. The highest BCUT2D eigenvalue weighted by Crippen LogP contribution is 2.23. The molecule has 3 aromatic carbocycles. The number of rotatable bonds is 8. The third-order valence-electron chi connectivity index (χ3n) is 4.90. The van der Waals surface area contributed by atoms with Crippen molar-refractivity contribution in [1.82, 2.24) is 4.98 Å². The molecule has 1 N–H and O–H groups in total. The fraction of sp³-hybridized carbons (Fsp3) is 0.120. The first-order valence-electron chi connectivity index (χ1n) is 10.2. The van der Waals surface area contributed by atoms with E-state index in [0.717, 1.165) is 11.3 Å². The van der Waals surface area contributed by atoms with Crippen LogP contribution in [0.25, 0.3) is 0 Å². The van der Waals surface area contributed by atoms with Gasteiger partial charge >= 0.3 is 0 Å². The molecule has 0 aliphatic rings. The van der Waals surface area contributed by atoms with Gasteiger partial charge in [0.15, 0.2) is 0 Å². The van der Waals surface area contributed by atoms with Gasteiger partial charge in [0, 0.05) is 11.1 Å². The lowest BCUT2D eigenvalue weighted by Crippen LogP contribution is -2.15. The van der Waals surface area contributed by atoms with Crippen molar-refractivity contribution < 1.29 is 17.9 Å². The predicted octanol–water partition coefficient (Wildman–Crippen LogP) is 5.04. The van der Waals surface area contributed by atoms with E-state index in [9.17, 15) is 13.2 Å². The van der Waals surface area contributed by atoms with E-state index in [4.69, 9.17) is 4.74 Å². The maximum absolute atomic E-state index is 12.7. The van der Waals surface area contributed by atoms with Crippen LogP contribution in [0.2, 0.25) is 0 Å². The number of aryl methyl sites for hydroxylation is 1. The molecule has 8 heteroatoms. The minimum Gasteiger partial charge on any atom is -0.487 e. The molecule has 0 radical (unpaired) electrons. The van der Waals surface area contributed by atoms with Crippen molar-refractivity contribution in [2.45, 2.75) is 29.7 Å². The largest absolute Gasteiger partial charge is 0.487 e. The standard InChI is InChI=1S/C25H22N2O4S2/c1-18-7-5-6-10-23(18)27-24(28)15-25-26-19(17-32-25)16-31-20-11-13-22(14-12-20)33(29,30)21-8-3-2-4-9-21/h2-14,17H,15-16H2,1H3,(H,27,28). The van der Waals surface area contributed by atoms with Gasteiger partial charge in [-0.1, -0.05) is 36.4 Å². The van der Waals surface area contributed by atoms with Gasteiger partial charge in [0.05, 0.1) is 21.9 Å². The topological polar surface area (TPSA) is 85.4 Å². The second-order valence-corrected chi connectivity index (χ2v) is 10.2. The first-order chi connectivity index (χ1) is 15.9. The van der Waals surface area contributed by atoms with Crippen LogP contribution in [0, 0.1) is 6.92 Å². The summed E-state index contributed by atoms with van der Waals surface area (Å²) in [5.41, 5.74) is 2.50. The molecule has 0 bridgehead atoms. The summed E-state index contributed by atoms with van der Waals surface area (Å²) in [6, 6.07) is 22.2. The van der Waals surface area contributed by atoms with Crippen LogP contribution >= 0.6 is 11.3 Å². The molecule has 0 fully saturated rings. The number of hydrogen-bond donors (Lipinski definition) is 1. The van der Waals surface area contributed by atoms with Gasteiger partial charge in [-0.2, -0.15) is 0 Å². The van der Waals surface area contributed by atoms with Gasteiger partial charge in [-0.15, -0.1) is 11.3 Å². The lowest BCUT2D eigenvalue weighted by atomic mass is 10.2. The number of anilines is 1. The van der Waals surface area contributed by atoms with Crippen molar-refractivity contribution in [2.24, 2.45) is 0 Å². The Hall–Kier alpha value is -3.49. The molecule has 4 aromatic rings. The first kappa shape index (κ1) is 22.7. The number of thiazole rings is 1. The number of carbonyl (C=O) groups excluding carboxylic acids is 1. The molecule has 0 saturated heterocycles. The lowest BCUT2D eigenvalue weighted by Gasteiger charge is -2.07. The molecule has 1 amide bonds. The highest BCUT2D eigenvalue weighted by molar-refractivity contribution is 7.91. The Morgan fingerprint density at radius 1 is 0.939 bits per heavy atom. The highest BCUT2D eigenvalue weighted by Gasteiger charge is 2.17. The molecule has 0 saturated carbocycles. The number of hydrogen-bond acceptors (Lipinski definition) is 6.